The number of nitrogens with zero attached hydrogens (tertiary/aromatic N) is 3. The van der Waals surface area contributed by atoms with Crippen LogP contribution in [-0.4, -0.2) is 34.2 Å². The van der Waals surface area contributed by atoms with Crippen LogP contribution in [0.15, 0.2) is 42.5 Å². The molecule has 3 aromatic rings. The van der Waals surface area contributed by atoms with Gasteiger partial charge in [0.25, 0.3) is 0 Å². The van der Waals surface area contributed by atoms with Gasteiger partial charge < -0.3 is 10.6 Å². The average molecular weight is 389 g/mol. The molecule has 4 rings (SSSR count). The lowest BCUT2D eigenvalue weighted by Crippen LogP contribution is -2.44. The molecule has 0 amide bonds. The van der Waals surface area contributed by atoms with Crippen LogP contribution in [-0.2, 0) is 11.6 Å². The molecule has 0 radical (unpaired) electrons. The van der Waals surface area contributed by atoms with Crippen molar-refractivity contribution < 1.29 is 13.2 Å². The maximum atomic E-state index is 13.3. The number of alkyl halides is 3. The molecular weight excluding hydrogens is 367 g/mol. The van der Waals surface area contributed by atoms with Crippen LogP contribution in [0.1, 0.15) is 29.8 Å². The first-order chi connectivity index (χ1) is 13.4. The van der Waals surface area contributed by atoms with Gasteiger partial charge in [0.05, 0.1) is 5.69 Å². The predicted molar refractivity (Wildman–Crippen MR) is 101 cm³/mol. The van der Waals surface area contributed by atoms with E-state index in [-0.39, 0.29) is 11.1 Å². The van der Waals surface area contributed by atoms with Crippen molar-refractivity contribution in [3.8, 4) is 0 Å². The minimum atomic E-state index is -4.51. The standard InChI is InChI=1S/C20H22F3N5/c1-14-11-18-26-16(20(21,22)23)12-17(28(18)27-14)25-13-19(7-9-24-10-8-19)15-5-3-2-4-6-15/h2-6,11-12,24-25H,7-10,13H2,1H3. The summed E-state index contributed by atoms with van der Waals surface area (Å²) in [4.78, 5) is 3.72. The van der Waals surface area contributed by atoms with Gasteiger partial charge in [0, 0.05) is 24.1 Å². The van der Waals surface area contributed by atoms with Crippen molar-refractivity contribution in [3.05, 3.63) is 59.4 Å². The van der Waals surface area contributed by atoms with Crippen molar-refractivity contribution in [2.75, 3.05) is 25.0 Å². The summed E-state index contributed by atoms with van der Waals surface area (Å²) < 4.78 is 41.4. The van der Waals surface area contributed by atoms with Gasteiger partial charge in [-0.25, -0.2) is 4.98 Å². The monoisotopic (exact) mass is 389 g/mol. The van der Waals surface area contributed by atoms with E-state index >= 15 is 0 Å². The number of hydrogen-bond donors (Lipinski definition) is 2. The number of aromatic nitrogens is 3. The molecule has 1 aliphatic heterocycles. The fraction of sp³-hybridized carbons (Fsp3) is 0.400. The molecule has 2 N–H and O–H groups in total. The third-order valence-corrected chi connectivity index (χ3v) is 5.39. The van der Waals surface area contributed by atoms with Crippen molar-refractivity contribution >= 4 is 11.5 Å². The molecule has 5 nitrogen and oxygen atoms in total. The second kappa shape index (κ2) is 7.09. The minimum absolute atomic E-state index is 0.150. The Hall–Kier alpha value is -2.61. The number of nitrogens with one attached hydrogen (secondary N) is 2. The van der Waals surface area contributed by atoms with Gasteiger partial charge >= 0.3 is 6.18 Å². The first kappa shape index (κ1) is 18.7. The Balaban J connectivity index is 1.70. The highest BCUT2D eigenvalue weighted by Crippen LogP contribution is 2.35. The SMILES string of the molecule is Cc1cc2nc(C(F)(F)F)cc(NCC3(c4ccccc4)CCNCC3)n2n1. The van der Waals surface area contributed by atoms with E-state index < -0.39 is 11.9 Å². The lowest BCUT2D eigenvalue weighted by Gasteiger charge is -2.38. The highest BCUT2D eigenvalue weighted by molar-refractivity contribution is 5.51. The molecular formula is C20H22F3N5. The zero-order valence-electron chi connectivity index (χ0n) is 15.6. The Morgan fingerprint density at radius 1 is 1.14 bits per heavy atom. The summed E-state index contributed by atoms with van der Waals surface area (Å²) in [5.41, 5.74) is 0.940. The van der Waals surface area contributed by atoms with E-state index in [2.05, 4.69) is 32.8 Å². The van der Waals surface area contributed by atoms with Crippen LogP contribution in [0, 0.1) is 6.92 Å². The summed E-state index contributed by atoms with van der Waals surface area (Å²) in [6, 6.07) is 12.8. The number of fused-ring (bicyclic) bond motifs is 1. The van der Waals surface area contributed by atoms with Gasteiger partial charge in [-0.15, -0.1) is 0 Å². The predicted octanol–water partition coefficient (Wildman–Crippen LogP) is 3.79. The molecule has 148 valence electrons. The molecule has 1 aliphatic rings. The number of aryl methyl sites for hydroxylation is 1. The Bertz CT molecular complexity index is 959. The third kappa shape index (κ3) is 3.56. The summed E-state index contributed by atoms with van der Waals surface area (Å²) in [6.07, 6.45) is -2.70. The molecule has 1 aromatic carbocycles. The van der Waals surface area contributed by atoms with Crippen molar-refractivity contribution in [2.24, 2.45) is 0 Å². The molecule has 1 fully saturated rings. The van der Waals surface area contributed by atoms with E-state index in [1.807, 2.05) is 18.2 Å². The maximum absolute atomic E-state index is 13.3. The normalized spacial score (nSPS) is 17.0. The van der Waals surface area contributed by atoms with Gasteiger partial charge in [-0.05, 0) is 38.4 Å². The van der Waals surface area contributed by atoms with Crippen LogP contribution < -0.4 is 10.6 Å². The summed E-state index contributed by atoms with van der Waals surface area (Å²) in [7, 11) is 0. The largest absolute Gasteiger partial charge is 0.433 e. The van der Waals surface area contributed by atoms with Crippen LogP contribution in [0.4, 0.5) is 19.0 Å². The zero-order chi connectivity index (χ0) is 19.8. The average Bonchev–Trinajstić information content (AvgIpc) is 3.07. The smallest absolute Gasteiger partial charge is 0.369 e. The lowest BCUT2D eigenvalue weighted by molar-refractivity contribution is -0.141. The Morgan fingerprint density at radius 2 is 1.86 bits per heavy atom. The maximum Gasteiger partial charge on any atom is 0.433 e. The number of piperidine rings is 1. The fourth-order valence-electron chi connectivity index (χ4n) is 3.88. The van der Waals surface area contributed by atoms with Crippen LogP contribution in [0.5, 0.6) is 0 Å². The van der Waals surface area contributed by atoms with E-state index in [0.29, 0.717) is 18.1 Å². The Kier molecular flexibility index (Phi) is 4.74. The van der Waals surface area contributed by atoms with Gasteiger partial charge in [0.1, 0.15) is 5.82 Å². The molecule has 0 saturated carbocycles. The second-order valence-electron chi connectivity index (χ2n) is 7.33. The summed E-state index contributed by atoms with van der Waals surface area (Å²) >= 11 is 0. The highest BCUT2D eigenvalue weighted by atomic mass is 19.4. The van der Waals surface area contributed by atoms with Gasteiger partial charge in [-0.2, -0.15) is 22.8 Å². The van der Waals surface area contributed by atoms with Crippen molar-refractivity contribution in [1.82, 2.24) is 19.9 Å². The number of hydrogen-bond acceptors (Lipinski definition) is 4. The number of halogens is 3. The highest BCUT2D eigenvalue weighted by Gasteiger charge is 2.36. The fourth-order valence-corrected chi connectivity index (χ4v) is 3.88. The molecule has 28 heavy (non-hydrogen) atoms. The number of benzene rings is 1. The van der Waals surface area contributed by atoms with Crippen molar-refractivity contribution in [1.29, 1.82) is 0 Å². The molecule has 0 atom stereocenters. The van der Waals surface area contributed by atoms with E-state index in [4.69, 9.17) is 0 Å². The van der Waals surface area contributed by atoms with Gasteiger partial charge in [-0.1, -0.05) is 30.3 Å². The minimum Gasteiger partial charge on any atom is -0.369 e. The quantitative estimate of drug-likeness (QED) is 0.713. The molecule has 0 unspecified atom stereocenters. The number of anilines is 1. The first-order valence-corrected chi connectivity index (χ1v) is 9.32. The van der Waals surface area contributed by atoms with Crippen molar-refractivity contribution in [3.63, 3.8) is 0 Å². The molecule has 8 heteroatoms. The third-order valence-electron chi connectivity index (χ3n) is 5.39. The molecule has 1 saturated heterocycles. The Morgan fingerprint density at radius 3 is 2.54 bits per heavy atom. The summed E-state index contributed by atoms with van der Waals surface area (Å²) in [5, 5.41) is 10.9. The molecule has 3 heterocycles. The molecule has 0 bridgehead atoms. The van der Waals surface area contributed by atoms with Crippen LogP contribution in [0.25, 0.3) is 5.65 Å². The van der Waals surface area contributed by atoms with Crippen LogP contribution >= 0.6 is 0 Å². The topological polar surface area (TPSA) is 54.2 Å². The van der Waals surface area contributed by atoms with Gasteiger partial charge in [0.15, 0.2) is 11.3 Å². The molecule has 2 aromatic heterocycles. The van der Waals surface area contributed by atoms with Gasteiger partial charge in [-0.3, -0.25) is 0 Å². The number of rotatable bonds is 4. The van der Waals surface area contributed by atoms with E-state index in [9.17, 15) is 13.2 Å². The summed E-state index contributed by atoms with van der Waals surface area (Å²) in [5.74, 6) is 0.305. The lowest BCUT2D eigenvalue weighted by atomic mass is 9.73. The summed E-state index contributed by atoms with van der Waals surface area (Å²) in [6.45, 7) is 4.01. The first-order valence-electron chi connectivity index (χ1n) is 9.32. The van der Waals surface area contributed by atoms with Crippen molar-refractivity contribution in [2.45, 2.75) is 31.4 Å². The van der Waals surface area contributed by atoms with E-state index in [1.54, 1.807) is 13.0 Å². The van der Waals surface area contributed by atoms with E-state index in [1.165, 1.54) is 10.1 Å². The van der Waals surface area contributed by atoms with Crippen LogP contribution in [0.3, 0.4) is 0 Å². The van der Waals surface area contributed by atoms with E-state index in [0.717, 1.165) is 32.0 Å². The second-order valence-corrected chi connectivity index (χ2v) is 7.33. The Labute approximate surface area is 161 Å². The zero-order valence-corrected chi connectivity index (χ0v) is 15.6. The van der Waals surface area contributed by atoms with Crippen LogP contribution in [0.2, 0.25) is 0 Å². The molecule has 0 aliphatic carbocycles. The van der Waals surface area contributed by atoms with Gasteiger partial charge in [0.2, 0.25) is 0 Å². The molecule has 0 spiro atoms.